The number of halogens is 3. The fourth-order valence-corrected chi connectivity index (χ4v) is 2.86. The van der Waals surface area contributed by atoms with Gasteiger partial charge < -0.3 is 20.7 Å². The van der Waals surface area contributed by atoms with Crippen molar-refractivity contribution in [1.82, 2.24) is 10.6 Å². The molecule has 1 amide bonds. The van der Waals surface area contributed by atoms with Crippen molar-refractivity contribution in [3.05, 3.63) is 63.7 Å². The van der Waals surface area contributed by atoms with Gasteiger partial charge in [-0.1, -0.05) is 52.5 Å². The zero-order valence-electron chi connectivity index (χ0n) is 15.7. The Hall–Kier alpha value is -2.33. The number of nitrogens with one attached hydrogen (secondary N) is 3. The number of carbonyl (C=O) groups is 1. The largest absolute Gasteiger partial charge is 0.496 e. The molecule has 0 saturated heterocycles. The number of ether oxygens (including phenoxy) is 1. The van der Waals surface area contributed by atoms with E-state index in [4.69, 9.17) is 51.8 Å². The maximum absolute atomic E-state index is 12.5. The summed E-state index contributed by atoms with van der Waals surface area (Å²) in [6.45, 7) is 1.88. The third-order valence-electron chi connectivity index (χ3n) is 3.84. The van der Waals surface area contributed by atoms with Gasteiger partial charge in [0.2, 0.25) is 3.79 Å². The molecule has 0 spiro atoms. The number of nitro groups is 1. The molecule has 12 heteroatoms. The number of hydrogen-bond donors (Lipinski definition) is 3. The molecule has 160 valence electrons. The summed E-state index contributed by atoms with van der Waals surface area (Å²) >= 11 is 23.1. The van der Waals surface area contributed by atoms with E-state index in [9.17, 15) is 14.9 Å². The molecule has 2 rings (SSSR count). The van der Waals surface area contributed by atoms with Crippen molar-refractivity contribution < 1.29 is 14.5 Å². The molecular formula is C18H17Cl3N4O4S. The minimum atomic E-state index is -1.97. The molecule has 0 aliphatic carbocycles. The van der Waals surface area contributed by atoms with Crippen molar-refractivity contribution in [2.75, 3.05) is 12.4 Å². The number of hydrogen-bond acceptors (Lipinski definition) is 5. The first kappa shape index (κ1) is 23.9. The second kappa shape index (κ2) is 10.1. The van der Waals surface area contributed by atoms with E-state index in [1.165, 1.54) is 25.3 Å². The van der Waals surface area contributed by atoms with Crippen LogP contribution >= 0.6 is 47.0 Å². The second-order valence-corrected chi connectivity index (χ2v) is 8.83. The molecule has 2 aromatic rings. The molecule has 0 fully saturated rings. The number of carbonyl (C=O) groups excluding carboxylic acids is 1. The van der Waals surface area contributed by atoms with Gasteiger partial charge in [-0.05, 0) is 43.4 Å². The summed E-state index contributed by atoms with van der Waals surface area (Å²) in [6, 6.07) is 10.9. The fraction of sp³-hybridized carbons (Fsp3) is 0.222. The molecule has 0 bridgehead atoms. The van der Waals surface area contributed by atoms with Gasteiger partial charge in [0.25, 0.3) is 11.6 Å². The summed E-state index contributed by atoms with van der Waals surface area (Å²) in [5.41, 5.74) is 1.15. The number of benzene rings is 2. The Morgan fingerprint density at radius 3 is 2.33 bits per heavy atom. The van der Waals surface area contributed by atoms with Gasteiger partial charge in [-0.3, -0.25) is 14.9 Å². The van der Waals surface area contributed by atoms with Gasteiger partial charge in [0.15, 0.2) is 5.11 Å². The monoisotopic (exact) mass is 490 g/mol. The average Bonchev–Trinajstić information content (AvgIpc) is 2.67. The van der Waals surface area contributed by atoms with E-state index in [-0.39, 0.29) is 16.5 Å². The summed E-state index contributed by atoms with van der Waals surface area (Å²) in [7, 11) is 1.39. The molecule has 1 atom stereocenters. The van der Waals surface area contributed by atoms with Crippen molar-refractivity contribution in [2.24, 2.45) is 0 Å². The first-order valence-corrected chi connectivity index (χ1v) is 9.89. The Morgan fingerprint density at radius 1 is 1.17 bits per heavy atom. The van der Waals surface area contributed by atoms with E-state index >= 15 is 0 Å². The van der Waals surface area contributed by atoms with Crippen LogP contribution in [0.15, 0.2) is 42.5 Å². The van der Waals surface area contributed by atoms with Crippen LogP contribution in [0.25, 0.3) is 0 Å². The lowest BCUT2D eigenvalue weighted by molar-refractivity contribution is -0.384. The van der Waals surface area contributed by atoms with E-state index in [1.807, 2.05) is 6.92 Å². The highest BCUT2D eigenvalue weighted by molar-refractivity contribution is 7.80. The van der Waals surface area contributed by atoms with Gasteiger partial charge in [-0.15, -0.1) is 0 Å². The highest BCUT2D eigenvalue weighted by Gasteiger charge is 2.35. The molecule has 0 radical (unpaired) electrons. The van der Waals surface area contributed by atoms with Crippen LogP contribution in [0.2, 0.25) is 0 Å². The number of alkyl halides is 3. The van der Waals surface area contributed by atoms with Gasteiger partial charge in [0.05, 0.1) is 18.1 Å². The lowest BCUT2D eigenvalue weighted by Crippen LogP contribution is -2.56. The Labute approximate surface area is 193 Å². The number of aryl methyl sites for hydroxylation is 1. The third-order valence-corrected chi connectivity index (χ3v) is 4.72. The number of methoxy groups -OCH3 is 1. The zero-order chi connectivity index (χ0) is 22.5. The van der Waals surface area contributed by atoms with Crippen LogP contribution in [-0.4, -0.2) is 33.0 Å². The Balaban J connectivity index is 2.15. The van der Waals surface area contributed by atoms with Gasteiger partial charge in [-0.25, -0.2) is 0 Å². The van der Waals surface area contributed by atoms with Crippen molar-refractivity contribution in [1.29, 1.82) is 0 Å². The van der Waals surface area contributed by atoms with E-state index in [2.05, 4.69) is 16.0 Å². The lowest BCUT2D eigenvalue weighted by atomic mass is 10.1. The molecule has 30 heavy (non-hydrogen) atoms. The molecular weight excluding hydrogens is 475 g/mol. The molecule has 0 aromatic heterocycles. The van der Waals surface area contributed by atoms with Crippen LogP contribution in [0.3, 0.4) is 0 Å². The summed E-state index contributed by atoms with van der Waals surface area (Å²) in [5, 5.41) is 19.0. The number of rotatable bonds is 6. The van der Waals surface area contributed by atoms with Gasteiger partial charge in [-0.2, -0.15) is 0 Å². The highest BCUT2D eigenvalue weighted by Crippen LogP contribution is 2.31. The number of anilines is 1. The topological polar surface area (TPSA) is 106 Å². The molecule has 0 aliphatic rings. The van der Waals surface area contributed by atoms with Crippen LogP contribution in [0.5, 0.6) is 5.75 Å². The Bertz CT molecular complexity index is 951. The fourth-order valence-electron chi connectivity index (χ4n) is 2.30. The molecule has 2 aromatic carbocycles. The zero-order valence-corrected chi connectivity index (χ0v) is 18.8. The van der Waals surface area contributed by atoms with Crippen LogP contribution in [0.4, 0.5) is 11.4 Å². The van der Waals surface area contributed by atoms with Crippen molar-refractivity contribution in [3.63, 3.8) is 0 Å². The quantitative estimate of drug-likeness (QED) is 0.182. The predicted molar refractivity (Wildman–Crippen MR) is 122 cm³/mol. The molecule has 0 saturated carbocycles. The van der Waals surface area contributed by atoms with E-state index in [1.54, 1.807) is 24.3 Å². The van der Waals surface area contributed by atoms with Crippen molar-refractivity contribution in [3.8, 4) is 5.75 Å². The van der Waals surface area contributed by atoms with Gasteiger partial charge in [0, 0.05) is 5.56 Å². The Kier molecular flexibility index (Phi) is 8.08. The maximum atomic E-state index is 12.5. The minimum Gasteiger partial charge on any atom is -0.496 e. The van der Waals surface area contributed by atoms with E-state index in [0.29, 0.717) is 11.3 Å². The number of nitrogens with zero attached hydrogens (tertiary/aromatic N) is 1. The van der Waals surface area contributed by atoms with Crippen molar-refractivity contribution >= 4 is 69.4 Å². The third kappa shape index (κ3) is 6.60. The van der Waals surface area contributed by atoms with E-state index in [0.717, 1.165) is 5.56 Å². The summed E-state index contributed by atoms with van der Waals surface area (Å²) in [5.74, 6) is -0.201. The lowest BCUT2D eigenvalue weighted by Gasteiger charge is -2.27. The number of nitro benzene ring substituents is 1. The predicted octanol–water partition coefficient (Wildman–Crippen LogP) is 4.32. The summed E-state index contributed by atoms with van der Waals surface area (Å²) < 4.78 is 3.01. The van der Waals surface area contributed by atoms with Crippen LogP contribution in [0.1, 0.15) is 15.9 Å². The second-order valence-electron chi connectivity index (χ2n) is 6.05. The van der Waals surface area contributed by atoms with Crippen LogP contribution in [-0.2, 0) is 0 Å². The smallest absolute Gasteiger partial charge is 0.296 e. The summed E-state index contributed by atoms with van der Waals surface area (Å²) in [6.07, 6.45) is -1.23. The highest BCUT2D eigenvalue weighted by atomic mass is 35.6. The van der Waals surface area contributed by atoms with Crippen LogP contribution in [0, 0.1) is 17.0 Å². The van der Waals surface area contributed by atoms with Gasteiger partial charge in [0.1, 0.15) is 17.6 Å². The molecule has 3 N–H and O–H groups in total. The summed E-state index contributed by atoms with van der Waals surface area (Å²) in [4.78, 5) is 23.2. The number of thiocarbonyl (C=S) groups is 1. The SMILES string of the molecule is COc1ccc(NC(=S)N[C@@H](NC(=O)c2ccc(C)cc2)C(Cl)(Cl)Cl)c([N+](=O)[O-])c1. The van der Waals surface area contributed by atoms with Crippen LogP contribution < -0.4 is 20.7 Å². The van der Waals surface area contributed by atoms with Gasteiger partial charge >= 0.3 is 0 Å². The van der Waals surface area contributed by atoms with Crippen molar-refractivity contribution in [2.45, 2.75) is 16.9 Å². The van der Waals surface area contributed by atoms with E-state index < -0.39 is 20.8 Å². The molecule has 0 heterocycles. The first-order valence-electron chi connectivity index (χ1n) is 8.35. The normalized spacial score (nSPS) is 11.9. The Morgan fingerprint density at radius 2 is 1.80 bits per heavy atom. The average molecular weight is 492 g/mol. The number of amides is 1. The first-order chi connectivity index (χ1) is 14.0. The molecule has 0 aliphatic heterocycles. The molecule has 0 unspecified atom stereocenters. The maximum Gasteiger partial charge on any atom is 0.296 e. The standard InChI is InChI=1S/C18H17Cl3N4O4S/c1-10-3-5-11(6-4-10)15(26)23-16(18(19,20)21)24-17(30)22-13-8-7-12(29-2)9-14(13)25(27)28/h3-9,16H,1-2H3,(H,23,26)(H2,22,24,30)/t16-/m1/s1. The minimum absolute atomic E-state index is 0.0891. The molecule has 8 nitrogen and oxygen atoms in total.